The van der Waals surface area contributed by atoms with Gasteiger partial charge in [-0.2, -0.15) is 0 Å². The molecule has 0 saturated heterocycles. The average Bonchev–Trinajstić information content (AvgIpc) is 3.12. The summed E-state index contributed by atoms with van der Waals surface area (Å²) in [5, 5.41) is 2.84. The van der Waals surface area contributed by atoms with Crippen molar-refractivity contribution in [3.63, 3.8) is 0 Å². The number of carbonyl (C=O) groups excluding carboxylic acids is 2. The number of para-hydroxylation sites is 1. The molecule has 96 valence electrons. The van der Waals surface area contributed by atoms with Crippen LogP contribution in [0.3, 0.4) is 0 Å². The number of rotatable bonds is 5. The van der Waals surface area contributed by atoms with Crippen molar-refractivity contribution >= 4 is 17.5 Å². The van der Waals surface area contributed by atoms with Crippen molar-refractivity contribution in [1.29, 1.82) is 0 Å². The van der Waals surface area contributed by atoms with Crippen molar-refractivity contribution in [3.8, 4) is 0 Å². The Labute approximate surface area is 106 Å². The Kier molecular flexibility index (Phi) is 3.34. The lowest BCUT2D eigenvalue weighted by Crippen LogP contribution is -2.31. The maximum absolute atomic E-state index is 12.1. The van der Waals surface area contributed by atoms with Gasteiger partial charge in [-0.15, -0.1) is 0 Å². The van der Waals surface area contributed by atoms with E-state index in [9.17, 15) is 9.59 Å². The van der Waals surface area contributed by atoms with Gasteiger partial charge in [-0.1, -0.05) is 18.2 Å². The highest BCUT2D eigenvalue weighted by Crippen LogP contribution is 2.45. The van der Waals surface area contributed by atoms with Gasteiger partial charge >= 0.3 is 0 Å². The Bertz CT molecular complexity index is 481. The largest absolute Gasteiger partial charge is 0.369 e. The zero-order valence-corrected chi connectivity index (χ0v) is 10.1. The molecule has 1 saturated carbocycles. The van der Waals surface area contributed by atoms with Gasteiger partial charge in [-0.3, -0.25) is 9.59 Å². The SMILES string of the molecule is NCC1(C(=O)Nc2ccccc2CC(N)=O)CC1. The maximum Gasteiger partial charge on any atom is 0.231 e. The summed E-state index contributed by atoms with van der Waals surface area (Å²) in [6, 6.07) is 7.16. The fraction of sp³-hybridized carbons (Fsp3) is 0.385. The second-order valence-electron chi connectivity index (χ2n) is 4.74. The first-order chi connectivity index (χ1) is 8.57. The molecule has 5 heteroatoms. The molecule has 0 aliphatic heterocycles. The minimum absolute atomic E-state index is 0.0677. The minimum atomic E-state index is -0.420. The third-order valence-electron chi connectivity index (χ3n) is 3.36. The fourth-order valence-corrected chi connectivity index (χ4v) is 1.91. The van der Waals surface area contributed by atoms with Gasteiger partial charge in [0.25, 0.3) is 0 Å². The number of nitrogens with one attached hydrogen (secondary N) is 1. The first-order valence-corrected chi connectivity index (χ1v) is 5.95. The lowest BCUT2D eigenvalue weighted by atomic mass is 10.1. The van der Waals surface area contributed by atoms with Gasteiger partial charge in [0.1, 0.15) is 0 Å². The summed E-state index contributed by atoms with van der Waals surface area (Å²) >= 11 is 0. The predicted octanol–water partition coefficient (Wildman–Crippen LogP) is 0.392. The molecule has 18 heavy (non-hydrogen) atoms. The quantitative estimate of drug-likeness (QED) is 0.702. The van der Waals surface area contributed by atoms with E-state index in [1.807, 2.05) is 12.1 Å². The van der Waals surface area contributed by atoms with Gasteiger partial charge in [0.15, 0.2) is 0 Å². The fourth-order valence-electron chi connectivity index (χ4n) is 1.91. The Hall–Kier alpha value is -1.88. The van der Waals surface area contributed by atoms with E-state index in [1.165, 1.54) is 0 Å². The molecule has 0 aromatic heterocycles. The van der Waals surface area contributed by atoms with Crippen LogP contribution in [0.15, 0.2) is 24.3 Å². The molecule has 0 unspecified atom stereocenters. The zero-order chi connectivity index (χ0) is 13.2. The number of benzene rings is 1. The van der Waals surface area contributed by atoms with Crippen LogP contribution in [0, 0.1) is 5.41 Å². The molecule has 0 radical (unpaired) electrons. The first kappa shape index (κ1) is 12.6. The summed E-state index contributed by atoms with van der Waals surface area (Å²) in [5.41, 5.74) is 11.7. The molecule has 1 aromatic rings. The van der Waals surface area contributed by atoms with Crippen LogP contribution in [0.2, 0.25) is 0 Å². The van der Waals surface area contributed by atoms with E-state index in [4.69, 9.17) is 11.5 Å². The van der Waals surface area contributed by atoms with Crippen molar-refractivity contribution in [2.45, 2.75) is 19.3 Å². The van der Waals surface area contributed by atoms with E-state index in [1.54, 1.807) is 12.1 Å². The molecule has 0 heterocycles. The Balaban J connectivity index is 2.14. The number of hydrogen-bond acceptors (Lipinski definition) is 3. The van der Waals surface area contributed by atoms with Crippen LogP contribution >= 0.6 is 0 Å². The molecule has 5 N–H and O–H groups in total. The third kappa shape index (κ3) is 2.51. The third-order valence-corrected chi connectivity index (χ3v) is 3.36. The Morgan fingerprint density at radius 2 is 1.94 bits per heavy atom. The number of primary amides is 1. The van der Waals surface area contributed by atoms with Crippen molar-refractivity contribution in [2.75, 3.05) is 11.9 Å². The molecule has 0 spiro atoms. The monoisotopic (exact) mass is 247 g/mol. The molecular formula is C13H17N3O2. The van der Waals surface area contributed by atoms with Crippen LogP contribution in [0.25, 0.3) is 0 Å². The van der Waals surface area contributed by atoms with Gasteiger partial charge in [0.2, 0.25) is 11.8 Å². The van der Waals surface area contributed by atoms with Crippen molar-refractivity contribution in [2.24, 2.45) is 16.9 Å². The number of nitrogens with two attached hydrogens (primary N) is 2. The second kappa shape index (κ2) is 4.78. The molecule has 1 fully saturated rings. The number of amides is 2. The predicted molar refractivity (Wildman–Crippen MR) is 68.7 cm³/mol. The van der Waals surface area contributed by atoms with E-state index in [2.05, 4.69) is 5.32 Å². The van der Waals surface area contributed by atoms with Crippen LogP contribution in [0.5, 0.6) is 0 Å². The van der Waals surface area contributed by atoms with Crippen LogP contribution in [-0.4, -0.2) is 18.4 Å². The number of anilines is 1. The molecule has 5 nitrogen and oxygen atoms in total. The minimum Gasteiger partial charge on any atom is -0.369 e. The molecule has 1 aliphatic rings. The van der Waals surface area contributed by atoms with E-state index in [0.29, 0.717) is 12.2 Å². The van der Waals surface area contributed by atoms with Crippen LogP contribution < -0.4 is 16.8 Å². The standard InChI is InChI=1S/C13H17N3O2/c14-8-13(5-6-13)12(18)16-10-4-2-1-3-9(10)7-11(15)17/h1-4H,5-8,14H2,(H2,15,17)(H,16,18). The van der Waals surface area contributed by atoms with Crippen LogP contribution in [-0.2, 0) is 16.0 Å². The summed E-state index contributed by atoms with van der Waals surface area (Å²) in [6.45, 7) is 0.358. The summed E-state index contributed by atoms with van der Waals surface area (Å²) in [5.74, 6) is -0.487. The maximum atomic E-state index is 12.1. The normalized spacial score (nSPS) is 16.1. The van der Waals surface area contributed by atoms with Crippen molar-refractivity contribution in [1.82, 2.24) is 0 Å². The van der Waals surface area contributed by atoms with Gasteiger partial charge in [0, 0.05) is 12.2 Å². The molecule has 2 amide bonds. The van der Waals surface area contributed by atoms with Crippen LogP contribution in [0.1, 0.15) is 18.4 Å². The smallest absolute Gasteiger partial charge is 0.231 e. The van der Waals surface area contributed by atoms with E-state index >= 15 is 0 Å². The van der Waals surface area contributed by atoms with E-state index in [-0.39, 0.29) is 12.3 Å². The van der Waals surface area contributed by atoms with Gasteiger partial charge in [-0.05, 0) is 24.5 Å². The molecule has 1 aliphatic carbocycles. The van der Waals surface area contributed by atoms with Crippen molar-refractivity contribution < 1.29 is 9.59 Å². The number of carbonyl (C=O) groups is 2. The Morgan fingerprint density at radius 1 is 1.28 bits per heavy atom. The lowest BCUT2D eigenvalue weighted by Gasteiger charge is -2.15. The second-order valence-corrected chi connectivity index (χ2v) is 4.74. The van der Waals surface area contributed by atoms with Gasteiger partial charge in [-0.25, -0.2) is 0 Å². The molecule has 1 aromatic carbocycles. The van der Waals surface area contributed by atoms with Gasteiger partial charge < -0.3 is 16.8 Å². The first-order valence-electron chi connectivity index (χ1n) is 5.95. The average molecular weight is 247 g/mol. The molecule has 0 bridgehead atoms. The van der Waals surface area contributed by atoms with E-state index in [0.717, 1.165) is 18.4 Å². The molecular weight excluding hydrogens is 230 g/mol. The van der Waals surface area contributed by atoms with Gasteiger partial charge in [0.05, 0.1) is 11.8 Å². The summed E-state index contributed by atoms with van der Waals surface area (Å²) < 4.78 is 0. The summed E-state index contributed by atoms with van der Waals surface area (Å²) in [6.07, 6.45) is 1.77. The highest BCUT2D eigenvalue weighted by atomic mass is 16.2. The zero-order valence-electron chi connectivity index (χ0n) is 10.1. The summed E-state index contributed by atoms with van der Waals surface area (Å²) in [4.78, 5) is 23.0. The van der Waals surface area contributed by atoms with E-state index < -0.39 is 11.3 Å². The number of hydrogen-bond donors (Lipinski definition) is 3. The lowest BCUT2D eigenvalue weighted by molar-refractivity contribution is -0.121. The highest BCUT2D eigenvalue weighted by molar-refractivity contribution is 5.98. The van der Waals surface area contributed by atoms with Crippen LogP contribution in [0.4, 0.5) is 5.69 Å². The Morgan fingerprint density at radius 3 is 2.50 bits per heavy atom. The highest BCUT2D eigenvalue weighted by Gasteiger charge is 2.48. The van der Waals surface area contributed by atoms with Crippen molar-refractivity contribution in [3.05, 3.63) is 29.8 Å². The topological polar surface area (TPSA) is 98.2 Å². The summed E-state index contributed by atoms with van der Waals surface area (Å²) in [7, 11) is 0. The molecule has 0 atom stereocenters. The molecule has 2 rings (SSSR count).